The zero-order valence-electron chi connectivity index (χ0n) is 8.40. The van der Waals surface area contributed by atoms with Gasteiger partial charge in [-0.2, -0.15) is 22.3 Å². The molecule has 0 spiro atoms. The molecule has 0 aromatic heterocycles. The van der Waals surface area contributed by atoms with Gasteiger partial charge in [-0.25, -0.2) is 13.6 Å². The van der Waals surface area contributed by atoms with Gasteiger partial charge < -0.3 is 0 Å². The lowest BCUT2D eigenvalue weighted by Gasteiger charge is -2.31. The smallest absolute Gasteiger partial charge is 0.216 e. The number of nitrogens with two attached hydrogens (primary N) is 1. The Morgan fingerprint density at radius 2 is 1.50 bits per heavy atom. The van der Waals surface area contributed by atoms with E-state index < -0.39 is 26.0 Å². The van der Waals surface area contributed by atoms with Gasteiger partial charge in [-0.1, -0.05) is 0 Å². The zero-order chi connectivity index (χ0) is 12.4. The molecule has 0 amide bonds. The lowest BCUT2D eigenvalue weighted by atomic mass is 10.4. The molecule has 16 heavy (non-hydrogen) atoms. The Kier molecular flexibility index (Phi) is 3.87. The maximum absolute atomic E-state index is 11.4. The molecule has 1 rings (SSSR count). The van der Waals surface area contributed by atoms with Gasteiger partial charge in [-0.15, -0.1) is 0 Å². The van der Waals surface area contributed by atoms with Crippen LogP contribution in [-0.4, -0.2) is 57.4 Å². The van der Waals surface area contributed by atoms with Crippen molar-refractivity contribution in [3.63, 3.8) is 0 Å². The Labute approximate surface area is 94.5 Å². The SMILES string of the molecule is N#CCS(=O)(=O)N1CCN(S(N)(=O)=O)CC1. The summed E-state index contributed by atoms with van der Waals surface area (Å²) < 4.78 is 46.9. The highest BCUT2D eigenvalue weighted by atomic mass is 32.2. The Morgan fingerprint density at radius 3 is 1.88 bits per heavy atom. The van der Waals surface area contributed by atoms with Crippen LogP contribution in [0.5, 0.6) is 0 Å². The van der Waals surface area contributed by atoms with Crippen LogP contribution in [0, 0.1) is 11.3 Å². The molecule has 0 aromatic rings. The maximum Gasteiger partial charge on any atom is 0.276 e. The van der Waals surface area contributed by atoms with Gasteiger partial charge in [0.05, 0.1) is 6.07 Å². The quantitative estimate of drug-likeness (QED) is 0.614. The van der Waals surface area contributed by atoms with E-state index in [0.717, 1.165) is 8.61 Å². The van der Waals surface area contributed by atoms with Crippen LogP contribution in [0.25, 0.3) is 0 Å². The van der Waals surface area contributed by atoms with E-state index >= 15 is 0 Å². The second-order valence-corrected chi connectivity index (χ2v) is 6.77. The van der Waals surface area contributed by atoms with Crippen molar-refractivity contribution in [1.29, 1.82) is 5.26 Å². The molecule has 0 atom stereocenters. The third-order valence-corrected chi connectivity index (χ3v) is 4.93. The molecule has 1 saturated heterocycles. The molecule has 0 bridgehead atoms. The maximum atomic E-state index is 11.4. The van der Waals surface area contributed by atoms with Crippen molar-refractivity contribution in [2.75, 3.05) is 31.9 Å². The first-order valence-corrected chi connectivity index (χ1v) is 7.51. The second-order valence-electron chi connectivity index (χ2n) is 3.26. The van der Waals surface area contributed by atoms with Crippen LogP contribution in [0.15, 0.2) is 0 Å². The molecule has 1 aliphatic heterocycles. The lowest BCUT2D eigenvalue weighted by Crippen LogP contribution is -2.52. The van der Waals surface area contributed by atoms with E-state index in [9.17, 15) is 16.8 Å². The highest BCUT2D eigenvalue weighted by molar-refractivity contribution is 7.89. The average molecular weight is 268 g/mol. The van der Waals surface area contributed by atoms with Gasteiger partial charge in [0.1, 0.15) is 0 Å². The highest BCUT2D eigenvalue weighted by Gasteiger charge is 2.30. The average Bonchev–Trinajstić information content (AvgIpc) is 2.16. The summed E-state index contributed by atoms with van der Waals surface area (Å²) in [6.07, 6.45) is 0. The first kappa shape index (κ1) is 13.3. The van der Waals surface area contributed by atoms with E-state index in [1.807, 2.05) is 0 Å². The molecular weight excluding hydrogens is 256 g/mol. The van der Waals surface area contributed by atoms with Gasteiger partial charge in [0.25, 0.3) is 10.2 Å². The summed E-state index contributed by atoms with van der Waals surface area (Å²) in [6, 6.07) is 1.56. The van der Waals surface area contributed by atoms with E-state index in [-0.39, 0.29) is 26.2 Å². The summed E-state index contributed by atoms with van der Waals surface area (Å²) in [5.74, 6) is -0.595. The molecule has 1 fully saturated rings. The van der Waals surface area contributed by atoms with E-state index in [1.165, 1.54) is 0 Å². The van der Waals surface area contributed by atoms with Crippen molar-refractivity contribution < 1.29 is 16.8 Å². The number of nitrogens with zero attached hydrogens (tertiary/aromatic N) is 3. The Hall–Kier alpha value is -0.730. The van der Waals surface area contributed by atoms with E-state index in [2.05, 4.69) is 0 Å². The first-order valence-electron chi connectivity index (χ1n) is 4.40. The predicted molar refractivity (Wildman–Crippen MR) is 55.7 cm³/mol. The van der Waals surface area contributed by atoms with Gasteiger partial charge in [-0.3, -0.25) is 0 Å². The highest BCUT2D eigenvalue weighted by Crippen LogP contribution is 2.09. The summed E-state index contributed by atoms with van der Waals surface area (Å²) in [5, 5.41) is 13.2. The number of rotatable bonds is 3. The molecule has 92 valence electrons. The zero-order valence-corrected chi connectivity index (χ0v) is 10.0. The molecular formula is C6H12N4O4S2. The third-order valence-electron chi connectivity index (χ3n) is 2.20. The van der Waals surface area contributed by atoms with Gasteiger partial charge in [0.2, 0.25) is 10.0 Å². The second kappa shape index (κ2) is 4.64. The van der Waals surface area contributed by atoms with Crippen molar-refractivity contribution >= 4 is 20.2 Å². The van der Waals surface area contributed by atoms with Gasteiger partial charge in [0, 0.05) is 26.2 Å². The van der Waals surface area contributed by atoms with Gasteiger partial charge in [0.15, 0.2) is 5.75 Å². The summed E-state index contributed by atoms with van der Waals surface area (Å²) in [4.78, 5) is 0. The molecule has 0 saturated carbocycles. The van der Waals surface area contributed by atoms with E-state index in [1.54, 1.807) is 6.07 Å². The molecule has 10 heteroatoms. The Bertz CT molecular complexity index is 483. The van der Waals surface area contributed by atoms with Crippen molar-refractivity contribution in [2.24, 2.45) is 5.14 Å². The number of piperazine rings is 1. The van der Waals surface area contributed by atoms with Gasteiger partial charge >= 0.3 is 0 Å². The van der Waals surface area contributed by atoms with Crippen LogP contribution in [0.2, 0.25) is 0 Å². The molecule has 2 N–H and O–H groups in total. The van der Waals surface area contributed by atoms with Crippen molar-refractivity contribution in [2.45, 2.75) is 0 Å². The van der Waals surface area contributed by atoms with Crippen LogP contribution in [0.3, 0.4) is 0 Å². The van der Waals surface area contributed by atoms with E-state index in [4.69, 9.17) is 10.4 Å². The number of hydrogen-bond acceptors (Lipinski definition) is 5. The number of hydrogen-bond donors (Lipinski definition) is 1. The first-order chi connectivity index (χ1) is 7.27. The molecule has 8 nitrogen and oxygen atoms in total. The minimum Gasteiger partial charge on any atom is -0.216 e. The number of sulfonamides is 1. The van der Waals surface area contributed by atoms with Crippen molar-refractivity contribution in [3.8, 4) is 6.07 Å². The van der Waals surface area contributed by atoms with Crippen molar-refractivity contribution in [3.05, 3.63) is 0 Å². The molecule has 0 unspecified atom stereocenters. The summed E-state index contributed by atoms with van der Waals surface area (Å²) in [7, 11) is -7.35. The molecule has 0 radical (unpaired) electrons. The fraction of sp³-hybridized carbons (Fsp3) is 0.833. The normalized spacial score (nSPS) is 20.5. The largest absolute Gasteiger partial charge is 0.276 e. The minimum absolute atomic E-state index is 0.0174. The molecule has 1 heterocycles. The summed E-state index contributed by atoms with van der Waals surface area (Å²) in [5.41, 5.74) is 0. The van der Waals surface area contributed by atoms with Crippen LogP contribution in [-0.2, 0) is 20.2 Å². The van der Waals surface area contributed by atoms with E-state index in [0.29, 0.717) is 0 Å². The third kappa shape index (κ3) is 3.13. The summed E-state index contributed by atoms with van der Waals surface area (Å²) >= 11 is 0. The predicted octanol–water partition coefficient (Wildman–Crippen LogP) is -2.34. The van der Waals surface area contributed by atoms with Crippen molar-refractivity contribution in [1.82, 2.24) is 8.61 Å². The Morgan fingerprint density at radius 1 is 1.06 bits per heavy atom. The molecule has 1 aliphatic rings. The molecule has 0 aromatic carbocycles. The van der Waals surface area contributed by atoms with Crippen LogP contribution >= 0.6 is 0 Å². The number of nitriles is 1. The fourth-order valence-corrected chi connectivity index (χ4v) is 3.11. The summed E-state index contributed by atoms with van der Waals surface area (Å²) in [6.45, 7) is 0.0911. The minimum atomic E-state index is -3.76. The van der Waals surface area contributed by atoms with Crippen LogP contribution in [0.1, 0.15) is 0 Å². The monoisotopic (exact) mass is 268 g/mol. The molecule has 0 aliphatic carbocycles. The topological polar surface area (TPSA) is 125 Å². The standard InChI is InChI=1S/C6H12N4O4S2/c7-1-6-15(11,12)9-2-4-10(5-3-9)16(8,13)14/h2-6H2,(H2,8,13,14). The van der Waals surface area contributed by atoms with Gasteiger partial charge in [-0.05, 0) is 0 Å². The Balaban J connectivity index is 2.67. The lowest BCUT2D eigenvalue weighted by molar-refractivity contribution is 0.273. The fourth-order valence-electron chi connectivity index (χ4n) is 1.38. The van der Waals surface area contributed by atoms with Crippen LogP contribution in [0.4, 0.5) is 0 Å². The van der Waals surface area contributed by atoms with Crippen LogP contribution < -0.4 is 5.14 Å².